The molecule has 7 rings (SSSR count). The number of imidazole rings is 2. The molecule has 298 valence electrons. The Hall–Kier alpha value is -6.05. The number of hydrogen-bond acceptors (Lipinski definition) is 9. The minimum atomic E-state index is -0.683. The number of amides is 3. The molecule has 3 aromatic heterocycles. The number of aromatic amines is 2. The van der Waals surface area contributed by atoms with Gasteiger partial charge in [0.1, 0.15) is 23.7 Å². The van der Waals surface area contributed by atoms with Crippen LogP contribution in [0.3, 0.4) is 0 Å². The van der Waals surface area contributed by atoms with E-state index < -0.39 is 23.7 Å². The van der Waals surface area contributed by atoms with Gasteiger partial charge < -0.3 is 35.1 Å². The van der Waals surface area contributed by atoms with Gasteiger partial charge in [-0.15, -0.1) is 0 Å². The number of aromatic nitrogens is 6. The second-order valence-corrected chi connectivity index (χ2v) is 15.8. The Morgan fingerprint density at radius 1 is 0.772 bits per heavy atom. The van der Waals surface area contributed by atoms with E-state index in [1.165, 1.54) is 7.11 Å². The number of likely N-dealkylation sites (tertiary alicyclic amines) is 2. The molecule has 3 amide bonds. The number of nitrogens with one attached hydrogen (secondary N) is 4. The lowest BCUT2D eigenvalue weighted by Gasteiger charge is -2.37. The van der Waals surface area contributed by atoms with Crippen molar-refractivity contribution in [3.05, 3.63) is 91.0 Å². The highest BCUT2D eigenvalue weighted by atomic mass is 16.5. The van der Waals surface area contributed by atoms with E-state index in [0.29, 0.717) is 19.0 Å². The van der Waals surface area contributed by atoms with Gasteiger partial charge in [0.25, 0.3) is 0 Å². The number of nitrogens with zero attached hydrogens (tertiary/aromatic N) is 6. The Morgan fingerprint density at radius 2 is 1.37 bits per heavy atom. The van der Waals surface area contributed by atoms with Gasteiger partial charge in [0, 0.05) is 25.5 Å². The summed E-state index contributed by atoms with van der Waals surface area (Å²) < 4.78 is 4.76. The maximum atomic E-state index is 14.0. The summed E-state index contributed by atoms with van der Waals surface area (Å²) in [6.45, 7) is 11.2. The number of H-pyrrole nitrogens is 2. The van der Waals surface area contributed by atoms with Gasteiger partial charge in [0.05, 0.1) is 42.5 Å². The molecule has 5 aromatic rings. The number of benzene rings is 2. The van der Waals surface area contributed by atoms with Gasteiger partial charge in [-0.25, -0.2) is 24.7 Å². The Balaban J connectivity index is 1.01. The van der Waals surface area contributed by atoms with Crippen LogP contribution in [0.1, 0.15) is 78.0 Å². The number of rotatable bonds is 12. The Morgan fingerprint density at radius 3 is 1.98 bits per heavy atom. The molecule has 0 unspecified atom stereocenters. The highest BCUT2D eigenvalue weighted by molar-refractivity contribution is 5.87. The third kappa shape index (κ3) is 8.12. The number of carbonyl (C=O) groups is 3. The molecule has 4 atom stereocenters. The molecule has 2 aliphatic rings. The number of carbonyl (C=O) groups excluding carboxylic acids is 3. The summed E-state index contributed by atoms with van der Waals surface area (Å²) in [6, 6.07) is 17.1. The minimum absolute atomic E-state index is 0.0114. The molecule has 57 heavy (non-hydrogen) atoms. The maximum absolute atomic E-state index is 14.0. The van der Waals surface area contributed by atoms with Gasteiger partial charge in [0.15, 0.2) is 0 Å². The molecule has 0 saturated carbocycles. The fourth-order valence-corrected chi connectivity index (χ4v) is 8.03. The van der Waals surface area contributed by atoms with Crippen molar-refractivity contribution in [1.82, 2.24) is 45.0 Å². The predicted molar refractivity (Wildman–Crippen MR) is 217 cm³/mol. The van der Waals surface area contributed by atoms with E-state index >= 15 is 0 Å². The van der Waals surface area contributed by atoms with Crippen LogP contribution in [0.25, 0.3) is 33.6 Å². The molecule has 2 aromatic carbocycles. The Labute approximate surface area is 333 Å². The fraction of sp³-hybridized carbons (Fsp3) is 0.419. The summed E-state index contributed by atoms with van der Waals surface area (Å²) in [5, 5.41) is 5.96. The zero-order valence-corrected chi connectivity index (χ0v) is 33.5. The Bertz CT molecular complexity index is 2170. The van der Waals surface area contributed by atoms with Crippen molar-refractivity contribution < 1.29 is 19.1 Å². The van der Waals surface area contributed by atoms with Crippen molar-refractivity contribution in [2.24, 2.45) is 11.8 Å². The monoisotopic (exact) mass is 772 g/mol. The van der Waals surface area contributed by atoms with Gasteiger partial charge in [-0.2, -0.15) is 0 Å². The maximum Gasteiger partial charge on any atom is 0.407 e. The highest BCUT2D eigenvalue weighted by Gasteiger charge is 2.46. The lowest BCUT2D eigenvalue weighted by molar-refractivity contribution is -0.137. The second kappa shape index (κ2) is 16.6. The van der Waals surface area contributed by atoms with Crippen molar-refractivity contribution in [2.45, 2.75) is 84.0 Å². The SMILES string of the molecule is COC(=O)N[C@H](C(=O)N1CCC[C@@H]1c1ncc(-c2ccc(-c3ccc(-c4cnc([C@@]5(C)CCCN5C(=O)[C@@H](Nc5ncccn5)C(C)C)[nH]4)cc3)cc2)[nH]1)C(C)C. The Kier molecular flexibility index (Phi) is 11.4. The van der Waals surface area contributed by atoms with Crippen LogP contribution in [-0.4, -0.2) is 89.9 Å². The first kappa shape index (κ1) is 39.2. The van der Waals surface area contributed by atoms with Crippen LogP contribution in [0, 0.1) is 11.8 Å². The summed E-state index contributed by atoms with van der Waals surface area (Å²) in [4.78, 5) is 68.4. The number of alkyl carbamates (subject to hydrolysis) is 1. The van der Waals surface area contributed by atoms with Crippen LogP contribution in [-0.2, 0) is 19.9 Å². The van der Waals surface area contributed by atoms with E-state index in [1.54, 1.807) is 18.5 Å². The lowest BCUT2D eigenvalue weighted by atomic mass is 9.95. The molecule has 0 bridgehead atoms. The minimum Gasteiger partial charge on any atom is -0.453 e. The van der Waals surface area contributed by atoms with E-state index in [-0.39, 0.29) is 29.7 Å². The van der Waals surface area contributed by atoms with Crippen molar-refractivity contribution >= 4 is 23.9 Å². The van der Waals surface area contributed by atoms with Crippen molar-refractivity contribution in [2.75, 3.05) is 25.5 Å². The van der Waals surface area contributed by atoms with E-state index in [0.717, 1.165) is 71.0 Å². The van der Waals surface area contributed by atoms with E-state index in [2.05, 4.69) is 91.0 Å². The molecule has 0 aliphatic carbocycles. The van der Waals surface area contributed by atoms with Gasteiger partial charge >= 0.3 is 6.09 Å². The third-order valence-electron chi connectivity index (χ3n) is 11.3. The molecule has 0 radical (unpaired) electrons. The summed E-state index contributed by atoms with van der Waals surface area (Å²) in [6.07, 6.45) is 9.70. The highest BCUT2D eigenvalue weighted by Crippen LogP contribution is 2.39. The number of methoxy groups -OCH3 is 1. The molecule has 14 nitrogen and oxygen atoms in total. The van der Waals surface area contributed by atoms with Gasteiger partial charge in [-0.05, 0) is 72.8 Å². The van der Waals surface area contributed by atoms with Crippen LogP contribution >= 0.6 is 0 Å². The molecule has 4 N–H and O–H groups in total. The number of ether oxygens (including phenoxy) is 1. The summed E-state index contributed by atoms with van der Waals surface area (Å²) in [5.74, 6) is 1.74. The van der Waals surface area contributed by atoms with Crippen molar-refractivity contribution in [3.8, 4) is 33.6 Å². The summed E-state index contributed by atoms with van der Waals surface area (Å²) in [7, 11) is 1.29. The molecule has 5 heterocycles. The average molecular weight is 773 g/mol. The second-order valence-electron chi connectivity index (χ2n) is 15.8. The van der Waals surface area contributed by atoms with Crippen LogP contribution in [0.15, 0.2) is 79.4 Å². The molecular formula is C43H52N10O4. The van der Waals surface area contributed by atoms with Crippen molar-refractivity contribution in [1.29, 1.82) is 0 Å². The van der Waals surface area contributed by atoms with Gasteiger partial charge in [0.2, 0.25) is 17.8 Å². The third-order valence-corrected chi connectivity index (χ3v) is 11.3. The van der Waals surface area contributed by atoms with Crippen LogP contribution in [0.4, 0.5) is 10.7 Å². The number of anilines is 1. The zero-order chi connectivity index (χ0) is 40.3. The van der Waals surface area contributed by atoms with E-state index in [9.17, 15) is 14.4 Å². The standard InChI is InChI=1S/C43H52N10O4/c1-26(2)35(51-42(56)57-6)38(54)52-22-7-10-34(52)37-46-24-32(48-37)30-15-11-28(12-16-30)29-13-17-31(18-14-29)33-25-47-40(49-33)43(5)19-8-23-53(43)39(55)36(27(3)4)50-41-44-20-9-21-45-41/h9,11-18,20-21,24-27,34-36H,7-8,10,19,22-23H2,1-6H3,(H,46,48)(H,47,49)(H,51,56)(H,44,45,50)/t34-,35+,36+,43-/m1/s1. The first-order valence-corrected chi connectivity index (χ1v) is 19.8. The van der Waals surface area contributed by atoms with Gasteiger partial charge in [-0.3, -0.25) is 9.59 Å². The topological polar surface area (TPSA) is 174 Å². The molecule has 2 fully saturated rings. The normalized spacial score (nSPS) is 19.2. The lowest BCUT2D eigenvalue weighted by Crippen LogP contribution is -2.51. The molecule has 14 heteroatoms. The summed E-state index contributed by atoms with van der Waals surface area (Å²) >= 11 is 0. The largest absolute Gasteiger partial charge is 0.453 e. The molecular weight excluding hydrogens is 721 g/mol. The van der Waals surface area contributed by atoms with E-state index in [4.69, 9.17) is 9.72 Å². The van der Waals surface area contributed by atoms with Crippen molar-refractivity contribution in [3.63, 3.8) is 0 Å². The van der Waals surface area contributed by atoms with E-state index in [1.807, 2.05) is 49.9 Å². The quantitative estimate of drug-likeness (QED) is 0.105. The first-order valence-electron chi connectivity index (χ1n) is 19.8. The van der Waals surface area contributed by atoms with Crippen LogP contribution in [0.5, 0.6) is 0 Å². The zero-order valence-electron chi connectivity index (χ0n) is 33.5. The first-order chi connectivity index (χ1) is 27.5. The van der Waals surface area contributed by atoms with Gasteiger partial charge in [-0.1, -0.05) is 76.2 Å². The molecule has 2 saturated heterocycles. The number of hydrogen-bond donors (Lipinski definition) is 4. The predicted octanol–water partition coefficient (Wildman–Crippen LogP) is 6.94. The fourth-order valence-electron chi connectivity index (χ4n) is 8.03. The average Bonchev–Trinajstić information content (AvgIpc) is 4.06. The summed E-state index contributed by atoms with van der Waals surface area (Å²) in [5.41, 5.74) is 5.31. The van der Waals surface area contributed by atoms with Crippen LogP contribution in [0.2, 0.25) is 0 Å². The van der Waals surface area contributed by atoms with Crippen LogP contribution < -0.4 is 10.6 Å². The smallest absolute Gasteiger partial charge is 0.407 e. The molecule has 2 aliphatic heterocycles. The molecule has 0 spiro atoms.